The minimum Gasteiger partial charge on any atom is -0.389 e. The second kappa shape index (κ2) is 4.56. The fraction of sp³-hybridized carbons (Fsp3) is 0.889. The highest BCUT2D eigenvalue weighted by molar-refractivity contribution is 4.86. The van der Waals surface area contributed by atoms with E-state index < -0.39 is 6.10 Å². The Morgan fingerprint density at radius 1 is 1.62 bits per heavy atom. The monoisotopic (exact) mass is 184 g/mol. The molecule has 1 rings (SSSR count). The molecule has 0 unspecified atom stereocenters. The molecule has 0 spiro atoms. The average molecular weight is 184 g/mol. The first-order chi connectivity index (χ1) is 6.13. The van der Waals surface area contributed by atoms with Gasteiger partial charge in [0.05, 0.1) is 18.3 Å². The van der Waals surface area contributed by atoms with Crippen molar-refractivity contribution in [3.8, 4) is 0 Å². The Balaban J connectivity index is 2.38. The molecule has 0 aromatic rings. The molecule has 1 N–H and O–H groups in total. The van der Waals surface area contributed by atoms with Gasteiger partial charge >= 0.3 is 0 Å². The van der Waals surface area contributed by atoms with Crippen LogP contribution in [0.1, 0.15) is 13.8 Å². The summed E-state index contributed by atoms with van der Waals surface area (Å²) in [4.78, 5) is 5.18. The van der Waals surface area contributed by atoms with Gasteiger partial charge in [-0.15, -0.1) is 0 Å². The third-order valence-corrected chi connectivity index (χ3v) is 2.03. The van der Waals surface area contributed by atoms with Crippen molar-refractivity contribution in [2.24, 2.45) is 0 Å². The molecule has 1 heterocycles. The van der Waals surface area contributed by atoms with Crippen LogP contribution in [0.15, 0.2) is 0 Å². The maximum absolute atomic E-state index is 9.57. The Bertz CT molecular complexity index is 200. The molecular weight excluding hydrogens is 168 g/mol. The summed E-state index contributed by atoms with van der Waals surface area (Å²) in [5, 5.41) is 9.57. The van der Waals surface area contributed by atoms with Crippen molar-refractivity contribution in [1.82, 2.24) is 4.90 Å². The topological polar surface area (TPSA) is 37.1 Å². The van der Waals surface area contributed by atoms with E-state index in [9.17, 15) is 5.11 Å². The molecule has 0 aromatic carbocycles. The number of β-amino-alcohol motifs (C(OH)–C–C–N with tert-alkyl or cyclic N) is 1. The molecule has 1 saturated heterocycles. The zero-order valence-electron chi connectivity index (χ0n) is 8.10. The van der Waals surface area contributed by atoms with Gasteiger partial charge in [0.15, 0.2) is 0 Å². The summed E-state index contributed by atoms with van der Waals surface area (Å²) in [5.74, 6) is 0. The number of aliphatic hydroxyl groups excluding tert-OH is 1. The molecule has 4 heteroatoms. The Morgan fingerprint density at radius 3 is 2.85 bits per heavy atom. The van der Waals surface area contributed by atoms with Gasteiger partial charge in [-0.1, -0.05) is 0 Å². The van der Waals surface area contributed by atoms with E-state index in [1.807, 2.05) is 18.7 Å². The molecule has 1 aliphatic heterocycles. The summed E-state index contributed by atoms with van der Waals surface area (Å²) in [6.07, 6.45) is -0.432. The first kappa shape index (κ1) is 10.5. The maximum atomic E-state index is 9.57. The van der Waals surface area contributed by atoms with E-state index in [0.717, 1.165) is 0 Å². The molecule has 74 valence electrons. The first-order valence-electron chi connectivity index (χ1n) is 4.52. The number of likely N-dealkylation sites (tertiary alicyclic amines) is 1. The summed E-state index contributed by atoms with van der Waals surface area (Å²) in [6, 6.07) is 0. The van der Waals surface area contributed by atoms with E-state index >= 15 is 0 Å². The molecular formula is C9H16N2O2. The predicted octanol–water partition coefficient (Wildman–Crippen LogP) is 0.333. The number of ether oxygens (including phenoxy) is 1. The van der Waals surface area contributed by atoms with Crippen LogP contribution in [0.25, 0.3) is 4.85 Å². The summed E-state index contributed by atoms with van der Waals surface area (Å²) < 4.78 is 5.51. The summed E-state index contributed by atoms with van der Waals surface area (Å²) in [5.41, 5.74) is 0. The number of nitrogens with zero attached hydrogens (tertiary/aromatic N) is 2. The van der Waals surface area contributed by atoms with E-state index in [1.54, 1.807) is 0 Å². The van der Waals surface area contributed by atoms with Gasteiger partial charge in [-0.2, -0.15) is 0 Å². The molecule has 0 aliphatic carbocycles. The van der Waals surface area contributed by atoms with Gasteiger partial charge in [0.1, 0.15) is 0 Å². The van der Waals surface area contributed by atoms with Gasteiger partial charge in [0.25, 0.3) is 6.67 Å². The molecule has 2 atom stereocenters. The molecule has 0 radical (unpaired) electrons. The Labute approximate surface area is 78.9 Å². The summed E-state index contributed by atoms with van der Waals surface area (Å²) in [6.45, 7) is 12.2. The van der Waals surface area contributed by atoms with E-state index in [1.165, 1.54) is 0 Å². The molecule has 4 nitrogen and oxygen atoms in total. The molecule has 1 aliphatic rings. The summed E-state index contributed by atoms with van der Waals surface area (Å²) in [7, 11) is 0. The zero-order chi connectivity index (χ0) is 9.84. The third-order valence-electron chi connectivity index (χ3n) is 2.03. The van der Waals surface area contributed by atoms with Crippen LogP contribution >= 0.6 is 0 Å². The van der Waals surface area contributed by atoms with Gasteiger partial charge in [-0.25, -0.2) is 11.5 Å². The Morgan fingerprint density at radius 2 is 2.31 bits per heavy atom. The lowest BCUT2D eigenvalue weighted by Crippen LogP contribution is -2.29. The van der Waals surface area contributed by atoms with E-state index in [-0.39, 0.29) is 12.2 Å². The van der Waals surface area contributed by atoms with E-state index in [0.29, 0.717) is 19.8 Å². The van der Waals surface area contributed by atoms with Crippen molar-refractivity contribution in [3.05, 3.63) is 11.4 Å². The Kier molecular flexibility index (Phi) is 3.67. The predicted molar refractivity (Wildman–Crippen MR) is 49.1 cm³/mol. The highest BCUT2D eigenvalue weighted by Crippen LogP contribution is 2.14. The second-order valence-corrected chi connectivity index (χ2v) is 3.63. The van der Waals surface area contributed by atoms with Gasteiger partial charge in [-0.05, 0) is 13.8 Å². The number of rotatable bonds is 3. The van der Waals surface area contributed by atoms with E-state index in [2.05, 4.69) is 4.85 Å². The molecule has 0 amide bonds. The minimum atomic E-state index is -0.441. The third kappa shape index (κ3) is 2.96. The number of hydrogen-bond donors (Lipinski definition) is 1. The minimum absolute atomic E-state index is 0.123. The van der Waals surface area contributed by atoms with Gasteiger partial charge in [0, 0.05) is 13.1 Å². The van der Waals surface area contributed by atoms with Crippen LogP contribution in [0.3, 0.4) is 0 Å². The lowest BCUT2D eigenvalue weighted by Gasteiger charge is -2.17. The molecule has 0 bridgehead atoms. The van der Waals surface area contributed by atoms with E-state index in [4.69, 9.17) is 11.3 Å². The molecule has 1 fully saturated rings. The normalized spacial score (nSPS) is 29.5. The first-order valence-corrected chi connectivity index (χ1v) is 4.52. The smallest absolute Gasteiger partial charge is 0.270 e. The van der Waals surface area contributed by atoms with Crippen molar-refractivity contribution in [3.63, 3.8) is 0 Å². The molecule has 0 saturated carbocycles. The van der Waals surface area contributed by atoms with Crippen LogP contribution in [0.5, 0.6) is 0 Å². The van der Waals surface area contributed by atoms with Gasteiger partial charge < -0.3 is 9.84 Å². The van der Waals surface area contributed by atoms with Crippen molar-refractivity contribution < 1.29 is 9.84 Å². The fourth-order valence-electron chi connectivity index (χ4n) is 1.53. The highest BCUT2D eigenvalue weighted by atomic mass is 16.5. The maximum Gasteiger partial charge on any atom is 0.270 e. The largest absolute Gasteiger partial charge is 0.389 e. The number of hydrogen-bond acceptors (Lipinski definition) is 3. The van der Waals surface area contributed by atoms with Crippen molar-refractivity contribution >= 4 is 0 Å². The Hall–Kier alpha value is -0.630. The van der Waals surface area contributed by atoms with Gasteiger partial charge in [0.2, 0.25) is 0 Å². The quantitative estimate of drug-likeness (QED) is 0.642. The van der Waals surface area contributed by atoms with Crippen LogP contribution < -0.4 is 0 Å². The number of aliphatic hydroxyl groups is 1. The lowest BCUT2D eigenvalue weighted by molar-refractivity contribution is -0.0395. The average Bonchev–Trinajstić information content (AvgIpc) is 2.31. The second-order valence-electron chi connectivity index (χ2n) is 3.63. The summed E-state index contributed by atoms with van der Waals surface area (Å²) >= 11 is 0. The molecule has 0 aromatic heterocycles. The van der Waals surface area contributed by atoms with Crippen LogP contribution in [0.2, 0.25) is 0 Å². The van der Waals surface area contributed by atoms with Crippen molar-refractivity contribution in [2.45, 2.75) is 32.2 Å². The van der Waals surface area contributed by atoms with Crippen LogP contribution in [-0.2, 0) is 4.74 Å². The zero-order valence-corrected chi connectivity index (χ0v) is 8.10. The van der Waals surface area contributed by atoms with Crippen LogP contribution in [0.4, 0.5) is 0 Å². The van der Waals surface area contributed by atoms with Crippen molar-refractivity contribution in [2.75, 3.05) is 19.8 Å². The van der Waals surface area contributed by atoms with Crippen LogP contribution in [-0.4, -0.2) is 48.1 Å². The standard InChI is InChI=1S/C9H16N2O2/c1-7(2)13-9-5-11(6-10-3)4-8(9)12/h7-9,12H,4-6H2,1-2H3/t8-,9-/m1/s1. The van der Waals surface area contributed by atoms with Gasteiger partial charge in [-0.3, -0.25) is 4.85 Å². The molecule has 13 heavy (non-hydrogen) atoms. The fourth-order valence-corrected chi connectivity index (χ4v) is 1.53. The SMILES string of the molecule is [C-]#[N+]CN1C[C@@H](O)[C@H](OC(C)C)C1. The van der Waals surface area contributed by atoms with Crippen molar-refractivity contribution in [1.29, 1.82) is 0 Å². The van der Waals surface area contributed by atoms with Crippen LogP contribution in [0, 0.1) is 6.57 Å². The lowest BCUT2D eigenvalue weighted by atomic mass is 10.2. The highest BCUT2D eigenvalue weighted by Gasteiger charge is 2.33.